The first-order chi connectivity index (χ1) is 11.4. The van der Waals surface area contributed by atoms with E-state index in [2.05, 4.69) is 5.32 Å². The second-order valence-corrected chi connectivity index (χ2v) is 6.49. The van der Waals surface area contributed by atoms with Crippen molar-refractivity contribution in [2.24, 2.45) is 0 Å². The molecule has 3 amide bonds. The van der Waals surface area contributed by atoms with Crippen LogP contribution in [0.15, 0.2) is 18.2 Å². The predicted molar refractivity (Wildman–Crippen MR) is 93.2 cm³/mol. The summed E-state index contributed by atoms with van der Waals surface area (Å²) < 4.78 is 5.63. The van der Waals surface area contributed by atoms with Crippen LogP contribution in [-0.4, -0.2) is 61.6 Å². The van der Waals surface area contributed by atoms with Gasteiger partial charge in [0.15, 0.2) is 6.61 Å². The number of ether oxygens (including phenoxy) is 1. The third kappa shape index (κ3) is 4.63. The van der Waals surface area contributed by atoms with Crippen LogP contribution in [0.3, 0.4) is 0 Å². The molecule has 24 heavy (non-hydrogen) atoms. The van der Waals surface area contributed by atoms with Crippen LogP contribution >= 0.6 is 0 Å². The van der Waals surface area contributed by atoms with Gasteiger partial charge in [-0.3, -0.25) is 4.79 Å². The number of benzene rings is 1. The number of nitrogens with one attached hydrogen (secondary N) is 1. The second-order valence-electron chi connectivity index (χ2n) is 6.49. The van der Waals surface area contributed by atoms with Crippen LogP contribution in [0.5, 0.6) is 5.75 Å². The lowest BCUT2D eigenvalue weighted by molar-refractivity contribution is -0.124. The topological polar surface area (TPSA) is 61.9 Å². The molecule has 1 aliphatic heterocycles. The molecule has 132 valence electrons. The molecule has 1 heterocycles. The average Bonchev–Trinajstić information content (AvgIpc) is 2.56. The summed E-state index contributed by atoms with van der Waals surface area (Å²) in [6.45, 7) is 5.35. The van der Waals surface area contributed by atoms with Gasteiger partial charge in [-0.05, 0) is 43.9 Å². The standard InChI is InChI=1S/C18H27N3O3/c1-13-6-5-7-16(14(13)2)24-12-17(22)19-15-8-10-21(11-9-15)18(23)20(3)4/h5-7,15H,8-12H2,1-4H3,(H,19,22). The van der Waals surface area contributed by atoms with Crippen molar-refractivity contribution in [1.82, 2.24) is 15.1 Å². The zero-order valence-electron chi connectivity index (χ0n) is 15.0. The molecule has 1 aromatic carbocycles. The Hall–Kier alpha value is -2.24. The quantitative estimate of drug-likeness (QED) is 0.916. The molecule has 1 fully saturated rings. The summed E-state index contributed by atoms with van der Waals surface area (Å²) in [6.07, 6.45) is 1.55. The van der Waals surface area contributed by atoms with Gasteiger partial charge in [0, 0.05) is 33.2 Å². The number of rotatable bonds is 4. The second kappa shape index (κ2) is 8.04. The molecule has 0 radical (unpaired) electrons. The van der Waals surface area contributed by atoms with Crippen LogP contribution in [0.1, 0.15) is 24.0 Å². The summed E-state index contributed by atoms with van der Waals surface area (Å²) in [6, 6.07) is 5.95. The van der Waals surface area contributed by atoms with E-state index in [9.17, 15) is 9.59 Å². The zero-order valence-corrected chi connectivity index (χ0v) is 15.0. The molecule has 2 rings (SSSR count). The number of hydrogen-bond donors (Lipinski definition) is 1. The molecule has 0 bridgehead atoms. The van der Waals surface area contributed by atoms with Gasteiger partial charge in [0.2, 0.25) is 0 Å². The monoisotopic (exact) mass is 333 g/mol. The molecule has 1 aliphatic rings. The van der Waals surface area contributed by atoms with Gasteiger partial charge in [0.05, 0.1) is 0 Å². The molecule has 0 aromatic heterocycles. The minimum absolute atomic E-state index is 0.0150. The third-order valence-electron chi connectivity index (χ3n) is 4.43. The number of carbonyl (C=O) groups is 2. The molecule has 1 N–H and O–H groups in total. The summed E-state index contributed by atoms with van der Waals surface area (Å²) in [5.74, 6) is 0.629. The first-order valence-corrected chi connectivity index (χ1v) is 8.33. The van der Waals surface area contributed by atoms with Gasteiger partial charge < -0.3 is 19.9 Å². The number of piperidine rings is 1. The van der Waals surface area contributed by atoms with E-state index in [0.29, 0.717) is 13.1 Å². The molecule has 0 saturated carbocycles. The Balaban J connectivity index is 1.76. The van der Waals surface area contributed by atoms with Crippen LogP contribution < -0.4 is 10.1 Å². The fraction of sp³-hybridized carbons (Fsp3) is 0.556. The Bertz CT molecular complexity index is 593. The highest BCUT2D eigenvalue weighted by atomic mass is 16.5. The molecule has 1 aromatic rings. The number of amides is 3. The lowest BCUT2D eigenvalue weighted by Gasteiger charge is -2.33. The predicted octanol–water partition coefficient (Wildman–Crippen LogP) is 1.94. The minimum atomic E-state index is -0.117. The van der Waals surface area contributed by atoms with Crippen molar-refractivity contribution in [2.45, 2.75) is 32.7 Å². The number of hydrogen-bond acceptors (Lipinski definition) is 3. The molecule has 0 unspecified atom stereocenters. The lowest BCUT2D eigenvalue weighted by atomic mass is 10.1. The SMILES string of the molecule is Cc1cccc(OCC(=O)NC2CCN(C(=O)N(C)C)CC2)c1C. The number of aryl methyl sites for hydroxylation is 1. The molecule has 0 aliphatic carbocycles. The number of nitrogens with zero attached hydrogens (tertiary/aromatic N) is 2. The minimum Gasteiger partial charge on any atom is -0.483 e. The van der Waals surface area contributed by atoms with E-state index in [-0.39, 0.29) is 24.6 Å². The van der Waals surface area contributed by atoms with Crippen LogP contribution in [0, 0.1) is 13.8 Å². The highest BCUT2D eigenvalue weighted by molar-refractivity contribution is 5.78. The van der Waals surface area contributed by atoms with Crippen LogP contribution in [0.2, 0.25) is 0 Å². The van der Waals surface area contributed by atoms with E-state index < -0.39 is 0 Å². The van der Waals surface area contributed by atoms with Crippen molar-refractivity contribution in [2.75, 3.05) is 33.8 Å². The lowest BCUT2D eigenvalue weighted by Crippen LogP contribution is -2.49. The van der Waals surface area contributed by atoms with E-state index in [1.165, 1.54) is 0 Å². The largest absolute Gasteiger partial charge is 0.483 e. The number of urea groups is 1. The highest BCUT2D eigenvalue weighted by Crippen LogP contribution is 2.20. The van der Waals surface area contributed by atoms with Gasteiger partial charge in [0.1, 0.15) is 5.75 Å². The van der Waals surface area contributed by atoms with E-state index in [0.717, 1.165) is 29.7 Å². The molecule has 0 atom stereocenters. The van der Waals surface area contributed by atoms with Gasteiger partial charge in [-0.2, -0.15) is 0 Å². The molecule has 0 spiro atoms. The highest BCUT2D eigenvalue weighted by Gasteiger charge is 2.24. The maximum Gasteiger partial charge on any atom is 0.319 e. The third-order valence-corrected chi connectivity index (χ3v) is 4.43. The Kier molecular flexibility index (Phi) is 6.06. The van der Waals surface area contributed by atoms with Gasteiger partial charge in [-0.1, -0.05) is 12.1 Å². The maximum absolute atomic E-state index is 12.1. The van der Waals surface area contributed by atoms with Gasteiger partial charge >= 0.3 is 6.03 Å². The van der Waals surface area contributed by atoms with Gasteiger partial charge in [-0.25, -0.2) is 4.79 Å². The molecular formula is C18H27N3O3. The average molecular weight is 333 g/mol. The molecular weight excluding hydrogens is 306 g/mol. The Morgan fingerprint density at radius 1 is 1.25 bits per heavy atom. The Morgan fingerprint density at radius 3 is 2.54 bits per heavy atom. The van der Waals surface area contributed by atoms with Crippen LogP contribution in [0.25, 0.3) is 0 Å². The van der Waals surface area contributed by atoms with E-state index in [1.54, 1.807) is 19.0 Å². The van der Waals surface area contributed by atoms with E-state index in [4.69, 9.17) is 4.74 Å². The van der Waals surface area contributed by atoms with Crippen molar-refractivity contribution >= 4 is 11.9 Å². The Labute approximate surface area is 143 Å². The van der Waals surface area contributed by atoms with Crippen molar-refractivity contribution in [3.63, 3.8) is 0 Å². The number of carbonyl (C=O) groups excluding carboxylic acids is 2. The van der Waals surface area contributed by atoms with Crippen LogP contribution in [0.4, 0.5) is 4.79 Å². The smallest absolute Gasteiger partial charge is 0.319 e. The molecule has 6 nitrogen and oxygen atoms in total. The first-order valence-electron chi connectivity index (χ1n) is 8.33. The van der Waals surface area contributed by atoms with Gasteiger partial charge in [0.25, 0.3) is 5.91 Å². The zero-order chi connectivity index (χ0) is 17.7. The van der Waals surface area contributed by atoms with Crippen molar-refractivity contribution in [1.29, 1.82) is 0 Å². The summed E-state index contributed by atoms with van der Waals surface area (Å²) in [7, 11) is 3.50. The summed E-state index contributed by atoms with van der Waals surface area (Å²) in [5.41, 5.74) is 2.20. The molecule has 6 heteroatoms. The fourth-order valence-corrected chi connectivity index (χ4v) is 2.79. The van der Waals surface area contributed by atoms with E-state index >= 15 is 0 Å². The van der Waals surface area contributed by atoms with Gasteiger partial charge in [-0.15, -0.1) is 0 Å². The van der Waals surface area contributed by atoms with E-state index in [1.807, 2.05) is 36.9 Å². The fourth-order valence-electron chi connectivity index (χ4n) is 2.79. The van der Waals surface area contributed by atoms with Crippen molar-refractivity contribution in [3.05, 3.63) is 29.3 Å². The summed E-state index contributed by atoms with van der Waals surface area (Å²) in [4.78, 5) is 27.4. The van der Waals surface area contributed by atoms with Crippen molar-refractivity contribution in [3.8, 4) is 5.75 Å². The normalized spacial score (nSPS) is 15.1. The Morgan fingerprint density at radius 2 is 1.92 bits per heavy atom. The number of likely N-dealkylation sites (tertiary alicyclic amines) is 1. The first kappa shape index (κ1) is 18.1. The summed E-state index contributed by atoms with van der Waals surface area (Å²) in [5, 5.41) is 3.00. The van der Waals surface area contributed by atoms with Crippen LogP contribution in [-0.2, 0) is 4.79 Å². The molecule has 1 saturated heterocycles. The maximum atomic E-state index is 12.1. The van der Waals surface area contributed by atoms with Crippen molar-refractivity contribution < 1.29 is 14.3 Å². The summed E-state index contributed by atoms with van der Waals surface area (Å²) >= 11 is 0.